The third kappa shape index (κ3) is 1.57. The Balaban J connectivity index is 1.68. The highest BCUT2D eigenvalue weighted by molar-refractivity contribution is 5.88. The van der Waals surface area contributed by atoms with Crippen molar-refractivity contribution >= 4 is 11.9 Å². The van der Waals surface area contributed by atoms with E-state index in [1.807, 2.05) is 0 Å². The Morgan fingerprint density at radius 1 is 1.47 bits per heavy atom. The summed E-state index contributed by atoms with van der Waals surface area (Å²) in [6.45, 7) is 2.83. The molecule has 1 heterocycles. The minimum absolute atomic E-state index is 0.0771. The molecule has 0 aromatic rings. The Kier molecular flexibility index (Phi) is 2.60. The van der Waals surface area contributed by atoms with E-state index in [4.69, 9.17) is 4.74 Å². The SMILES string of the molecule is CCCCNC(=O)C1C2CC3OC(=O)C1C3C2. The summed E-state index contributed by atoms with van der Waals surface area (Å²) in [5.74, 6) is 0.407. The fraction of sp³-hybridized carbons (Fsp3) is 0.846. The molecule has 0 radical (unpaired) electrons. The zero-order valence-electron chi connectivity index (χ0n) is 10.1. The van der Waals surface area contributed by atoms with E-state index in [0.29, 0.717) is 11.8 Å². The van der Waals surface area contributed by atoms with E-state index in [0.717, 1.165) is 32.2 Å². The Morgan fingerprint density at radius 3 is 3.06 bits per heavy atom. The van der Waals surface area contributed by atoms with Crippen molar-refractivity contribution < 1.29 is 14.3 Å². The molecule has 2 saturated carbocycles. The third-order valence-electron chi connectivity index (χ3n) is 4.62. The average Bonchev–Trinajstić information content (AvgIpc) is 2.89. The highest BCUT2D eigenvalue weighted by Crippen LogP contribution is 2.57. The number of ether oxygens (including phenoxy) is 1. The van der Waals surface area contributed by atoms with Gasteiger partial charge in [-0.3, -0.25) is 9.59 Å². The van der Waals surface area contributed by atoms with E-state index >= 15 is 0 Å². The second-order valence-electron chi connectivity index (χ2n) is 5.57. The van der Waals surface area contributed by atoms with E-state index in [2.05, 4.69) is 12.2 Å². The van der Waals surface area contributed by atoms with Crippen molar-refractivity contribution in [2.24, 2.45) is 23.7 Å². The monoisotopic (exact) mass is 237 g/mol. The number of rotatable bonds is 4. The van der Waals surface area contributed by atoms with E-state index in [-0.39, 0.29) is 29.8 Å². The zero-order valence-corrected chi connectivity index (χ0v) is 10.1. The van der Waals surface area contributed by atoms with Crippen LogP contribution in [0.5, 0.6) is 0 Å². The van der Waals surface area contributed by atoms with E-state index in [1.54, 1.807) is 0 Å². The van der Waals surface area contributed by atoms with Crippen molar-refractivity contribution in [3.05, 3.63) is 0 Å². The van der Waals surface area contributed by atoms with Crippen LogP contribution in [0.15, 0.2) is 0 Å². The first-order chi connectivity index (χ1) is 8.22. The van der Waals surface area contributed by atoms with Crippen LogP contribution in [0.25, 0.3) is 0 Å². The van der Waals surface area contributed by atoms with Crippen LogP contribution in [-0.4, -0.2) is 24.5 Å². The predicted octanol–water partition coefficient (Wildman–Crippen LogP) is 1.10. The molecular weight excluding hydrogens is 218 g/mol. The Labute approximate surface area is 101 Å². The number of fused-ring (bicyclic) bond motifs is 1. The minimum Gasteiger partial charge on any atom is -0.462 e. The van der Waals surface area contributed by atoms with Crippen LogP contribution in [-0.2, 0) is 14.3 Å². The fourth-order valence-electron chi connectivity index (χ4n) is 3.87. The lowest BCUT2D eigenvalue weighted by Gasteiger charge is -2.23. The van der Waals surface area contributed by atoms with E-state index in [9.17, 15) is 9.59 Å². The van der Waals surface area contributed by atoms with Crippen LogP contribution in [0.3, 0.4) is 0 Å². The van der Waals surface area contributed by atoms with Gasteiger partial charge in [0.05, 0.1) is 11.8 Å². The van der Waals surface area contributed by atoms with Gasteiger partial charge in [-0.15, -0.1) is 0 Å². The van der Waals surface area contributed by atoms with Gasteiger partial charge in [-0.05, 0) is 25.2 Å². The molecule has 3 fully saturated rings. The molecule has 1 saturated heterocycles. The molecule has 1 N–H and O–H groups in total. The topological polar surface area (TPSA) is 55.4 Å². The molecule has 1 aliphatic heterocycles. The van der Waals surface area contributed by atoms with Crippen LogP contribution in [0, 0.1) is 23.7 Å². The van der Waals surface area contributed by atoms with Gasteiger partial charge in [0.25, 0.3) is 0 Å². The smallest absolute Gasteiger partial charge is 0.310 e. The van der Waals surface area contributed by atoms with Crippen LogP contribution in [0.2, 0.25) is 0 Å². The van der Waals surface area contributed by atoms with Crippen LogP contribution < -0.4 is 5.32 Å². The standard InChI is InChI=1S/C13H19NO3/c1-2-3-4-14-12(15)10-7-5-8-9(6-7)17-13(16)11(8)10/h7-11H,2-6H2,1H3,(H,14,15). The molecule has 5 atom stereocenters. The first kappa shape index (κ1) is 11.1. The average molecular weight is 237 g/mol. The van der Waals surface area contributed by atoms with Gasteiger partial charge in [-0.2, -0.15) is 0 Å². The third-order valence-corrected chi connectivity index (χ3v) is 4.62. The first-order valence-corrected chi connectivity index (χ1v) is 6.70. The van der Waals surface area contributed by atoms with Crippen molar-refractivity contribution in [1.82, 2.24) is 5.32 Å². The Morgan fingerprint density at radius 2 is 2.29 bits per heavy atom. The lowest BCUT2D eigenvalue weighted by Crippen LogP contribution is -2.40. The minimum atomic E-state index is -0.139. The van der Waals surface area contributed by atoms with Gasteiger partial charge in [-0.25, -0.2) is 0 Å². The summed E-state index contributed by atoms with van der Waals surface area (Å²) in [4.78, 5) is 23.9. The van der Waals surface area contributed by atoms with Gasteiger partial charge in [0, 0.05) is 12.5 Å². The number of esters is 1. The van der Waals surface area contributed by atoms with Crippen molar-refractivity contribution in [3.8, 4) is 0 Å². The summed E-state index contributed by atoms with van der Waals surface area (Å²) in [7, 11) is 0. The Bertz CT molecular complexity index is 353. The molecule has 3 aliphatic rings. The molecule has 4 heteroatoms. The maximum absolute atomic E-state index is 12.1. The quantitative estimate of drug-likeness (QED) is 0.588. The molecule has 0 aromatic heterocycles. The van der Waals surface area contributed by atoms with Gasteiger partial charge in [0.2, 0.25) is 5.91 Å². The van der Waals surface area contributed by atoms with E-state index in [1.165, 1.54) is 0 Å². The summed E-state index contributed by atoms with van der Waals surface area (Å²) in [5.41, 5.74) is 0. The Hall–Kier alpha value is -1.06. The summed E-state index contributed by atoms with van der Waals surface area (Å²) < 4.78 is 5.33. The number of unbranched alkanes of at least 4 members (excludes halogenated alkanes) is 1. The maximum Gasteiger partial charge on any atom is 0.310 e. The molecule has 5 unspecified atom stereocenters. The van der Waals surface area contributed by atoms with Crippen LogP contribution >= 0.6 is 0 Å². The van der Waals surface area contributed by atoms with Gasteiger partial charge >= 0.3 is 5.97 Å². The molecule has 3 rings (SSSR count). The van der Waals surface area contributed by atoms with Crippen molar-refractivity contribution in [2.45, 2.75) is 38.7 Å². The molecule has 1 amide bonds. The predicted molar refractivity (Wildman–Crippen MR) is 61.0 cm³/mol. The summed E-state index contributed by atoms with van der Waals surface area (Å²) in [5, 5.41) is 2.97. The number of amides is 1. The molecule has 2 aliphatic carbocycles. The highest BCUT2D eigenvalue weighted by Gasteiger charge is 2.63. The maximum atomic E-state index is 12.1. The zero-order chi connectivity index (χ0) is 12.0. The number of carbonyl (C=O) groups excluding carboxylic acids is 2. The molecule has 0 spiro atoms. The second-order valence-corrected chi connectivity index (χ2v) is 5.57. The molecule has 0 aromatic carbocycles. The summed E-state index contributed by atoms with van der Waals surface area (Å²) in [6.07, 6.45) is 4.11. The first-order valence-electron chi connectivity index (χ1n) is 6.70. The van der Waals surface area contributed by atoms with Crippen molar-refractivity contribution in [2.75, 3.05) is 6.54 Å². The van der Waals surface area contributed by atoms with Crippen molar-refractivity contribution in [1.29, 1.82) is 0 Å². The lowest BCUT2D eigenvalue weighted by molar-refractivity contribution is -0.146. The largest absolute Gasteiger partial charge is 0.462 e. The number of hydrogen-bond acceptors (Lipinski definition) is 3. The molecular formula is C13H19NO3. The molecule has 4 nitrogen and oxygen atoms in total. The van der Waals surface area contributed by atoms with Gasteiger partial charge in [-0.1, -0.05) is 13.3 Å². The number of hydrogen-bond donors (Lipinski definition) is 1. The lowest BCUT2D eigenvalue weighted by atomic mass is 9.79. The summed E-state index contributed by atoms with van der Waals surface area (Å²) >= 11 is 0. The van der Waals surface area contributed by atoms with Crippen LogP contribution in [0.4, 0.5) is 0 Å². The fourth-order valence-corrected chi connectivity index (χ4v) is 3.87. The molecule has 2 bridgehead atoms. The van der Waals surface area contributed by atoms with Crippen molar-refractivity contribution in [3.63, 3.8) is 0 Å². The number of nitrogens with one attached hydrogen (secondary N) is 1. The second kappa shape index (κ2) is 4.00. The van der Waals surface area contributed by atoms with Gasteiger partial charge in [0.15, 0.2) is 0 Å². The van der Waals surface area contributed by atoms with Crippen LogP contribution in [0.1, 0.15) is 32.6 Å². The normalized spacial score (nSPS) is 41.7. The number of carbonyl (C=O) groups is 2. The summed E-state index contributed by atoms with van der Waals surface area (Å²) in [6, 6.07) is 0. The van der Waals surface area contributed by atoms with Gasteiger partial charge < -0.3 is 10.1 Å². The van der Waals surface area contributed by atoms with Gasteiger partial charge in [0.1, 0.15) is 6.10 Å². The molecule has 17 heavy (non-hydrogen) atoms. The van der Waals surface area contributed by atoms with E-state index < -0.39 is 0 Å². The molecule has 94 valence electrons. The highest BCUT2D eigenvalue weighted by atomic mass is 16.6.